The van der Waals surface area contributed by atoms with Crippen molar-refractivity contribution in [3.05, 3.63) is 35.9 Å². The smallest absolute Gasteiger partial charge is 0.239 e. The van der Waals surface area contributed by atoms with Gasteiger partial charge in [-0.3, -0.25) is 9.79 Å². The van der Waals surface area contributed by atoms with Crippen molar-refractivity contribution in [3.8, 4) is 0 Å². The standard InChI is InChI=1S/C19H32N4O2.HI/c1-15(13-25-14-16-9-7-6-8-10-16)11-21-18(20-5)22-12-17(24)23-19(2,3)4;/h6-10,15H,11-14H2,1-5H3,(H,23,24)(H2,20,21,22);1H. The second-order valence-electron chi connectivity index (χ2n) is 7.21. The Balaban J connectivity index is 0.00000625. The van der Waals surface area contributed by atoms with Gasteiger partial charge in [0.05, 0.1) is 19.8 Å². The molecular weight excluding hydrogens is 443 g/mol. The molecular formula is C19H33IN4O2. The van der Waals surface area contributed by atoms with Crippen molar-refractivity contribution >= 4 is 35.8 Å². The van der Waals surface area contributed by atoms with Crippen LogP contribution in [0.1, 0.15) is 33.3 Å². The van der Waals surface area contributed by atoms with Crippen molar-refractivity contribution < 1.29 is 9.53 Å². The minimum absolute atomic E-state index is 0. The lowest BCUT2D eigenvalue weighted by atomic mass is 10.1. The second-order valence-corrected chi connectivity index (χ2v) is 7.21. The molecule has 0 bridgehead atoms. The van der Waals surface area contributed by atoms with E-state index in [2.05, 4.69) is 40.0 Å². The highest BCUT2D eigenvalue weighted by atomic mass is 127. The molecule has 0 saturated heterocycles. The predicted octanol–water partition coefficient (Wildman–Crippen LogP) is 2.54. The maximum absolute atomic E-state index is 11.8. The molecule has 0 heterocycles. The van der Waals surface area contributed by atoms with Crippen LogP contribution in [0.5, 0.6) is 0 Å². The summed E-state index contributed by atoms with van der Waals surface area (Å²) in [6.45, 7) is 10.1. The van der Waals surface area contributed by atoms with Crippen LogP contribution in [-0.4, -0.2) is 44.1 Å². The largest absolute Gasteiger partial charge is 0.376 e. The van der Waals surface area contributed by atoms with E-state index in [1.165, 1.54) is 5.56 Å². The zero-order chi connectivity index (χ0) is 18.7. The van der Waals surface area contributed by atoms with Gasteiger partial charge in [0, 0.05) is 19.1 Å². The Labute approximate surface area is 174 Å². The predicted molar refractivity (Wildman–Crippen MR) is 118 cm³/mol. The number of hydrogen-bond acceptors (Lipinski definition) is 3. The fourth-order valence-electron chi connectivity index (χ4n) is 2.13. The SMILES string of the molecule is CN=C(NCC(=O)NC(C)(C)C)NCC(C)COCc1ccccc1.I. The summed E-state index contributed by atoms with van der Waals surface area (Å²) in [5.41, 5.74) is 0.935. The van der Waals surface area contributed by atoms with Crippen LogP contribution in [0.4, 0.5) is 0 Å². The molecule has 0 fully saturated rings. The first kappa shape index (κ1) is 24.7. The molecule has 6 nitrogen and oxygen atoms in total. The van der Waals surface area contributed by atoms with Crippen molar-refractivity contribution in [3.63, 3.8) is 0 Å². The Morgan fingerprint density at radius 2 is 1.85 bits per heavy atom. The van der Waals surface area contributed by atoms with E-state index in [1.807, 2.05) is 39.0 Å². The van der Waals surface area contributed by atoms with E-state index >= 15 is 0 Å². The molecule has 0 spiro atoms. The van der Waals surface area contributed by atoms with Crippen molar-refractivity contribution in [2.75, 3.05) is 26.7 Å². The second kappa shape index (κ2) is 12.9. The lowest BCUT2D eigenvalue weighted by molar-refractivity contribution is -0.121. The molecule has 1 aromatic rings. The Morgan fingerprint density at radius 3 is 2.42 bits per heavy atom. The molecule has 1 aromatic carbocycles. The lowest BCUT2D eigenvalue weighted by Crippen LogP contribution is -2.48. The van der Waals surface area contributed by atoms with Gasteiger partial charge in [-0.1, -0.05) is 37.3 Å². The number of nitrogens with one attached hydrogen (secondary N) is 3. The minimum Gasteiger partial charge on any atom is -0.376 e. The van der Waals surface area contributed by atoms with E-state index in [0.29, 0.717) is 25.1 Å². The zero-order valence-electron chi connectivity index (χ0n) is 16.5. The van der Waals surface area contributed by atoms with Gasteiger partial charge in [-0.2, -0.15) is 0 Å². The summed E-state index contributed by atoms with van der Waals surface area (Å²) < 4.78 is 5.74. The quantitative estimate of drug-likeness (QED) is 0.306. The van der Waals surface area contributed by atoms with Crippen molar-refractivity contribution in [2.45, 2.75) is 39.8 Å². The van der Waals surface area contributed by atoms with Crippen molar-refractivity contribution in [1.82, 2.24) is 16.0 Å². The van der Waals surface area contributed by atoms with Gasteiger partial charge in [-0.05, 0) is 32.3 Å². The molecule has 1 atom stereocenters. The molecule has 0 aliphatic carbocycles. The first-order chi connectivity index (χ1) is 11.8. The van der Waals surface area contributed by atoms with Gasteiger partial charge >= 0.3 is 0 Å². The molecule has 0 aliphatic rings. The maximum atomic E-state index is 11.8. The third-order valence-electron chi connectivity index (χ3n) is 3.29. The first-order valence-corrected chi connectivity index (χ1v) is 8.67. The first-order valence-electron chi connectivity index (χ1n) is 8.67. The summed E-state index contributed by atoms with van der Waals surface area (Å²) in [6.07, 6.45) is 0. The fourth-order valence-corrected chi connectivity index (χ4v) is 2.13. The molecule has 0 saturated carbocycles. The number of halogens is 1. The van der Waals surface area contributed by atoms with Crippen LogP contribution in [0.2, 0.25) is 0 Å². The third-order valence-corrected chi connectivity index (χ3v) is 3.29. The van der Waals surface area contributed by atoms with Gasteiger partial charge in [0.2, 0.25) is 5.91 Å². The number of carbonyl (C=O) groups is 1. The average Bonchev–Trinajstić information content (AvgIpc) is 2.54. The van der Waals surface area contributed by atoms with Crippen LogP contribution in [0.25, 0.3) is 0 Å². The number of guanidine groups is 1. The summed E-state index contributed by atoms with van der Waals surface area (Å²) in [5, 5.41) is 9.13. The molecule has 26 heavy (non-hydrogen) atoms. The van der Waals surface area contributed by atoms with Gasteiger partial charge in [-0.25, -0.2) is 0 Å². The molecule has 0 radical (unpaired) electrons. The number of carbonyl (C=O) groups excluding carboxylic acids is 1. The third kappa shape index (κ3) is 12.1. The van der Waals surface area contributed by atoms with E-state index < -0.39 is 0 Å². The summed E-state index contributed by atoms with van der Waals surface area (Å²) in [6, 6.07) is 10.1. The number of rotatable bonds is 8. The molecule has 3 N–H and O–H groups in total. The van der Waals surface area contributed by atoms with E-state index in [9.17, 15) is 4.79 Å². The maximum Gasteiger partial charge on any atom is 0.239 e. The van der Waals surface area contributed by atoms with Crippen LogP contribution < -0.4 is 16.0 Å². The normalized spacial score (nSPS) is 12.7. The number of amides is 1. The summed E-state index contributed by atoms with van der Waals surface area (Å²) >= 11 is 0. The van der Waals surface area contributed by atoms with E-state index in [-0.39, 0.29) is 42.0 Å². The van der Waals surface area contributed by atoms with Gasteiger partial charge < -0.3 is 20.7 Å². The Bertz CT molecular complexity index is 544. The summed E-state index contributed by atoms with van der Waals surface area (Å²) in [7, 11) is 1.69. The number of benzene rings is 1. The minimum atomic E-state index is -0.236. The Morgan fingerprint density at radius 1 is 1.19 bits per heavy atom. The molecule has 7 heteroatoms. The highest BCUT2D eigenvalue weighted by Crippen LogP contribution is 2.02. The molecule has 0 aromatic heterocycles. The molecule has 148 valence electrons. The summed E-state index contributed by atoms with van der Waals surface area (Å²) in [4.78, 5) is 15.9. The van der Waals surface area contributed by atoms with Gasteiger partial charge in [0.25, 0.3) is 0 Å². The van der Waals surface area contributed by atoms with Crippen LogP contribution in [0.3, 0.4) is 0 Å². The van der Waals surface area contributed by atoms with E-state index in [1.54, 1.807) is 7.05 Å². The van der Waals surface area contributed by atoms with Crippen LogP contribution in [0.15, 0.2) is 35.3 Å². The van der Waals surface area contributed by atoms with Gasteiger partial charge in [0.15, 0.2) is 5.96 Å². The summed E-state index contributed by atoms with van der Waals surface area (Å²) in [5.74, 6) is 0.874. The van der Waals surface area contributed by atoms with Crippen LogP contribution in [-0.2, 0) is 16.1 Å². The fraction of sp³-hybridized carbons (Fsp3) is 0.579. The van der Waals surface area contributed by atoms with Crippen molar-refractivity contribution in [1.29, 1.82) is 0 Å². The molecule has 1 unspecified atom stereocenters. The Hall–Kier alpha value is -1.35. The Kier molecular flexibility index (Phi) is 12.2. The van der Waals surface area contributed by atoms with Gasteiger partial charge in [0.1, 0.15) is 0 Å². The highest BCUT2D eigenvalue weighted by molar-refractivity contribution is 14.0. The number of aliphatic imine (C=N–C) groups is 1. The molecule has 1 rings (SSSR count). The topological polar surface area (TPSA) is 74.8 Å². The number of nitrogens with zero attached hydrogens (tertiary/aromatic N) is 1. The van der Waals surface area contributed by atoms with E-state index in [4.69, 9.17) is 4.74 Å². The van der Waals surface area contributed by atoms with Crippen molar-refractivity contribution in [2.24, 2.45) is 10.9 Å². The average molecular weight is 476 g/mol. The number of hydrogen-bond donors (Lipinski definition) is 3. The van der Waals surface area contributed by atoms with E-state index in [0.717, 1.165) is 6.54 Å². The molecule has 0 aliphatic heterocycles. The lowest BCUT2D eigenvalue weighted by Gasteiger charge is -2.21. The number of ether oxygens (including phenoxy) is 1. The van der Waals surface area contributed by atoms with Crippen LogP contribution >= 0.6 is 24.0 Å². The van der Waals surface area contributed by atoms with Gasteiger partial charge in [-0.15, -0.1) is 24.0 Å². The van der Waals surface area contributed by atoms with Crippen LogP contribution in [0, 0.1) is 5.92 Å². The molecule has 1 amide bonds. The monoisotopic (exact) mass is 476 g/mol. The zero-order valence-corrected chi connectivity index (χ0v) is 18.8. The highest BCUT2D eigenvalue weighted by Gasteiger charge is 2.13.